The lowest BCUT2D eigenvalue weighted by Crippen LogP contribution is -2.47. The fourth-order valence-electron chi connectivity index (χ4n) is 4.78. The molecule has 0 aliphatic carbocycles. The van der Waals surface area contributed by atoms with Crippen molar-refractivity contribution in [3.8, 4) is 0 Å². The van der Waals surface area contributed by atoms with Crippen molar-refractivity contribution in [1.29, 1.82) is 0 Å². The van der Waals surface area contributed by atoms with E-state index < -0.39 is 95.7 Å². The Balaban J connectivity index is 2.05. The monoisotopic (exact) mass is 838 g/mol. The number of nitrogens with one attached hydrogen (secondary N) is 2. The van der Waals surface area contributed by atoms with Crippen LogP contribution in [0.3, 0.4) is 0 Å². The maximum absolute atomic E-state index is 13.8. The number of aromatic nitrogens is 1. The Morgan fingerprint density at radius 2 is 1.23 bits per heavy atom. The van der Waals surface area contributed by atoms with Crippen LogP contribution in [0.15, 0.2) is 41.3 Å². The highest BCUT2D eigenvalue weighted by atomic mass is 32.2. The van der Waals surface area contributed by atoms with Gasteiger partial charge in [0.1, 0.15) is 18.3 Å². The van der Waals surface area contributed by atoms with E-state index >= 15 is 0 Å². The number of sulfonamides is 1. The molecule has 27 heteroatoms. The first kappa shape index (κ1) is 45.1. The molecular formula is C26H41N4O19P3S. The summed E-state index contributed by atoms with van der Waals surface area (Å²) >= 11 is 0. The highest BCUT2D eigenvalue weighted by Crippen LogP contribution is 2.38. The van der Waals surface area contributed by atoms with Crippen molar-refractivity contribution < 1.29 is 90.6 Å². The summed E-state index contributed by atoms with van der Waals surface area (Å²) in [5.74, 6) is 0. The van der Waals surface area contributed by atoms with Gasteiger partial charge in [-0.3, -0.25) is 13.6 Å². The number of benzene rings is 2. The molecule has 0 radical (unpaired) electrons. The summed E-state index contributed by atoms with van der Waals surface area (Å²) in [6, 6.07) is 8.34. The first-order chi connectivity index (χ1) is 24.5. The number of anilines is 2. The van der Waals surface area contributed by atoms with Crippen molar-refractivity contribution in [3.63, 3.8) is 0 Å². The number of aliphatic hydroxyl groups is 5. The van der Waals surface area contributed by atoms with Crippen molar-refractivity contribution in [3.05, 3.63) is 36.4 Å². The zero-order valence-corrected chi connectivity index (χ0v) is 31.0. The molecule has 0 bridgehead atoms. The van der Waals surface area contributed by atoms with E-state index in [1.54, 1.807) is 12.1 Å². The second-order valence-electron chi connectivity index (χ2n) is 11.2. The predicted molar refractivity (Wildman–Crippen MR) is 185 cm³/mol. The van der Waals surface area contributed by atoms with Crippen LogP contribution in [0.5, 0.6) is 0 Å². The zero-order valence-electron chi connectivity index (χ0n) is 27.5. The molecule has 0 saturated carbocycles. The van der Waals surface area contributed by atoms with Crippen molar-refractivity contribution in [2.24, 2.45) is 0 Å². The predicted octanol–water partition coefficient (Wildman–Crippen LogP) is -1.64. The minimum Gasteiger partial charge on any atom is -0.394 e. The van der Waals surface area contributed by atoms with Crippen LogP contribution >= 0.6 is 23.5 Å². The van der Waals surface area contributed by atoms with E-state index in [1.807, 2.05) is 0 Å². The Labute approximate surface area is 301 Å². The quantitative estimate of drug-likeness (QED) is 0.0289. The number of aliphatic hydroxyl groups excluding tert-OH is 5. The Hall–Kier alpha value is -2.25. The zero-order chi connectivity index (χ0) is 39.8. The van der Waals surface area contributed by atoms with Gasteiger partial charge in [-0.1, -0.05) is 0 Å². The summed E-state index contributed by atoms with van der Waals surface area (Å²) in [6.07, 6.45) is -7.02. The van der Waals surface area contributed by atoms with E-state index in [1.165, 1.54) is 24.3 Å². The summed E-state index contributed by atoms with van der Waals surface area (Å²) < 4.78 is 75.0. The number of rotatable bonds is 23. The number of pyridine rings is 1. The molecule has 3 aromatic rings. The van der Waals surface area contributed by atoms with Gasteiger partial charge in [-0.05, 0) is 42.8 Å². The van der Waals surface area contributed by atoms with Crippen LogP contribution in [0, 0.1) is 0 Å². The Morgan fingerprint density at radius 3 is 1.77 bits per heavy atom. The minimum absolute atomic E-state index is 0.0182. The molecule has 23 nitrogen and oxygen atoms in total. The molecule has 0 aliphatic heterocycles. The van der Waals surface area contributed by atoms with Gasteiger partial charge in [-0.25, -0.2) is 27.1 Å². The van der Waals surface area contributed by atoms with Gasteiger partial charge in [0.15, 0.2) is 0 Å². The number of fused-ring (bicyclic) bond motifs is 2. The standard InChI is InChI=1S/C26H41N4O19P3S/c31-15-23(33)26(35)25(34)22(32)14-28-16-2-4-20-18(12-16)24(27-6-1-9-47-50(36,37)38)19-13-17(3-5-21(19)29-20)53(45,46)30(7-10-48-51(39,40)41)8-11-49-52(42,43)44/h2-5,12-13,22-23,25-26,28,31-35H,1,6-11,14-15H2,(H,27,29)(H2,36,37,38)(H2,39,40,41)(H2,42,43,44)/t22?,23?,25-,26-/m1/s1. The molecule has 3 rings (SSSR count). The molecule has 13 N–H and O–H groups in total. The molecule has 53 heavy (non-hydrogen) atoms. The van der Waals surface area contributed by atoms with Crippen molar-refractivity contribution in [1.82, 2.24) is 9.29 Å². The van der Waals surface area contributed by atoms with Gasteiger partial charge in [-0.2, -0.15) is 4.31 Å². The highest BCUT2D eigenvalue weighted by Gasteiger charge is 2.30. The van der Waals surface area contributed by atoms with E-state index in [0.29, 0.717) is 20.9 Å². The summed E-state index contributed by atoms with van der Waals surface area (Å²) in [7, 11) is -19.4. The molecule has 2 aromatic carbocycles. The largest absolute Gasteiger partial charge is 0.469 e. The summed E-state index contributed by atoms with van der Waals surface area (Å²) in [5.41, 5.74) is 1.19. The second-order valence-corrected chi connectivity index (χ2v) is 16.9. The minimum atomic E-state index is -5.02. The maximum atomic E-state index is 13.8. The van der Waals surface area contributed by atoms with E-state index in [-0.39, 0.29) is 42.7 Å². The van der Waals surface area contributed by atoms with Crippen molar-refractivity contribution in [2.45, 2.75) is 35.7 Å². The molecule has 1 heterocycles. The molecule has 0 spiro atoms. The molecule has 0 aliphatic rings. The van der Waals surface area contributed by atoms with Gasteiger partial charge < -0.3 is 65.5 Å². The Kier molecular flexibility index (Phi) is 16.2. The van der Waals surface area contributed by atoms with Crippen LogP contribution in [0.25, 0.3) is 21.8 Å². The number of nitrogens with zero attached hydrogens (tertiary/aromatic N) is 2. The normalized spacial score (nSPS) is 15.5. The second kappa shape index (κ2) is 19.1. The topological polar surface area (TPSA) is 376 Å². The molecule has 0 amide bonds. The number of phosphoric ester groups is 3. The van der Waals surface area contributed by atoms with Crippen LogP contribution in [-0.4, -0.2) is 150 Å². The van der Waals surface area contributed by atoms with E-state index in [9.17, 15) is 42.5 Å². The lowest BCUT2D eigenvalue weighted by molar-refractivity contribution is -0.111. The SMILES string of the molecule is O=P(O)(O)OCCCNc1c2cc(NCC(O)[C@@H](O)[C@H](O)C(O)CO)ccc2nc2ccc(S(=O)(=O)N(CCOP(=O)(O)O)CCOP(=O)(O)O)cc12. The van der Waals surface area contributed by atoms with E-state index in [0.717, 1.165) is 0 Å². The smallest absolute Gasteiger partial charge is 0.394 e. The van der Waals surface area contributed by atoms with Crippen LogP contribution in [-0.2, 0) is 37.3 Å². The summed E-state index contributed by atoms with van der Waals surface area (Å²) in [4.78, 5) is 58.4. The molecule has 300 valence electrons. The lowest BCUT2D eigenvalue weighted by Gasteiger charge is -2.26. The average Bonchev–Trinajstić information content (AvgIpc) is 3.06. The van der Waals surface area contributed by atoms with Gasteiger partial charge in [0.05, 0.1) is 54.1 Å². The summed E-state index contributed by atoms with van der Waals surface area (Å²) in [5, 5.41) is 55.5. The fourth-order valence-corrected chi connectivity index (χ4v) is 7.22. The van der Waals surface area contributed by atoms with Crippen LogP contribution in [0.1, 0.15) is 6.42 Å². The molecule has 0 saturated heterocycles. The first-order valence-corrected chi connectivity index (χ1v) is 21.3. The third-order valence-corrected chi connectivity index (χ3v) is 10.8. The Morgan fingerprint density at radius 1 is 0.717 bits per heavy atom. The number of phosphoric acid groups is 3. The highest BCUT2D eigenvalue weighted by molar-refractivity contribution is 7.89. The van der Waals surface area contributed by atoms with Crippen LogP contribution < -0.4 is 10.6 Å². The number of hydrogen-bond donors (Lipinski definition) is 13. The Bertz CT molecular complexity index is 1910. The molecule has 4 atom stereocenters. The fraction of sp³-hybridized carbons (Fsp3) is 0.500. The van der Waals surface area contributed by atoms with Gasteiger partial charge in [0, 0.05) is 42.6 Å². The first-order valence-electron chi connectivity index (χ1n) is 15.3. The van der Waals surface area contributed by atoms with Crippen LogP contribution in [0.4, 0.5) is 11.4 Å². The van der Waals surface area contributed by atoms with Gasteiger partial charge in [0.25, 0.3) is 0 Å². The van der Waals surface area contributed by atoms with E-state index in [2.05, 4.69) is 29.2 Å². The maximum Gasteiger partial charge on any atom is 0.469 e. The third-order valence-electron chi connectivity index (χ3n) is 7.31. The van der Waals surface area contributed by atoms with Gasteiger partial charge in [-0.15, -0.1) is 0 Å². The molecular weight excluding hydrogens is 797 g/mol. The van der Waals surface area contributed by atoms with Crippen molar-refractivity contribution >= 4 is 66.7 Å². The average molecular weight is 839 g/mol. The summed E-state index contributed by atoms with van der Waals surface area (Å²) in [6.45, 7) is -4.57. The van der Waals surface area contributed by atoms with Crippen LogP contribution in [0.2, 0.25) is 0 Å². The molecule has 1 aromatic heterocycles. The van der Waals surface area contributed by atoms with Gasteiger partial charge >= 0.3 is 23.5 Å². The lowest BCUT2D eigenvalue weighted by atomic mass is 10.0. The third kappa shape index (κ3) is 14.1. The number of hydrogen-bond acceptors (Lipinski definition) is 16. The molecule has 0 fully saturated rings. The van der Waals surface area contributed by atoms with Gasteiger partial charge in [0.2, 0.25) is 10.0 Å². The van der Waals surface area contributed by atoms with E-state index in [4.69, 9.17) is 34.5 Å². The molecule has 2 unspecified atom stereocenters. The van der Waals surface area contributed by atoms with Crippen molar-refractivity contribution in [2.75, 3.05) is 63.2 Å².